The van der Waals surface area contributed by atoms with Crippen molar-refractivity contribution in [3.8, 4) is 11.5 Å². The van der Waals surface area contributed by atoms with Gasteiger partial charge in [0, 0.05) is 0 Å². The molecule has 0 unspecified atom stereocenters. The number of hydrogen-bond acceptors (Lipinski definition) is 2. The SMILES string of the molecule is CCCCOc1ccc(OCC2CCC(CCCC)CC2)cc1. The van der Waals surface area contributed by atoms with Crippen molar-refractivity contribution in [2.24, 2.45) is 11.8 Å². The highest BCUT2D eigenvalue weighted by molar-refractivity contribution is 5.31. The van der Waals surface area contributed by atoms with Crippen LogP contribution >= 0.6 is 0 Å². The molecule has 0 aliphatic heterocycles. The second-order valence-electron chi connectivity index (χ2n) is 7.01. The third-order valence-corrected chi connectivity index (χ3v) is 5.01. The van der Waals surface area contributed by atoms with Crippen LogP contribution in [0, 0.1) is 11.8 Å². The minimum atomic E-state index is 0.744. The molecule has 1 aliphatic rings. The van der Waals surface area contributed by atoms with Crippen LogP contribution in [0.5, 0.6) is 11.5 Å². The van der Waals surface area contributed by atoms with E-state index in [1.54, 1.807) is 0 Å². The van der Waals surface area contributed by atoms with Crippen molar-refractivity contribution < 1.29 is 9.47 Å². The standard InChI is InChI=1S/C21H34O2/c1-3-5-7-18-8-10-19(11-9-18)17-23-21-14-12-20(13-15-21)22-16-6-4-2/h12-15,18-19H,3-11,16-17H2,1-2H3. The van der Waals surface area contributed by atoms with Gasteiger partial charge in [0.15, 0.2) is 0 Å². The van der Waals surface area contributed by atoms with Gasteiger partial charge in [0.2, 0.25) is 0 Å². The molecule has 0 bridgehead atoms. The van der Waals surface area contributed by atoms with Crippen LogP contribution in [0.25, 0.3) is 0 Å². The smallest absolute Gasteiger partial charge is 0.119 e. The second-order valence-corrected chi connectivity index (χ2v) is 7.01. The van der Waals surface area contributed by atoms with Crippen LogP contribution in [-0.2, 0) is 0 Å². The Morgan fingerprint density at radius 3 is 1.96 bits per heavy atom. The molecule has 0 heterocycles. The molecule has 0 amide bonds. The van der Waals surface area contributed by atoms with E-state index in [2.05, 4.69) is 13.8 Å². The largest absolute Gasteiger partial charge is 0.494 e. The van der Waals surface area contributed by atoms with Crippen LogP contribution in [0.4, 0.5) is 0 Å². The number of rotatable bonds is 10. The van der Waals surface area contributed by atoms with Crippen molar-refractivity contribution in [2.45, 2.75) is 71.6 Å². The summed E-state index contributed by atoms with van der Waals surface area (Å²) >= 11 is 0. The molecule has 23 heavy (non-hydrogen) atoms. The molecule has 130 valence electrons. The van der Waals surface area contributed by atoms with Crippen molar-refractivity contribution in [2.75, 3.05) is 13.2 Å². The van der Waals surface area contributed by atoms with Gasteiger partial charge in [0.1, 0.15) is 11.5 Å². The summed E-state index contributed by atoms with van der Waals surface area (Å²) in [7, 11) is 0. The summed E-state index contributed by atoms with van der Waals surface area (Å²) < 4.78 is 11.7. The predicted molar refractivity (Wildman–Crippen MR) is 97.3 cm³/mol. The molecule has 2 nitrogen and oxygen atoms in total. The van der Waals surface area contributed by atoms with E-state index in [1.807, 2.05) is 24.3 Å². The molecule has 0 N–H and O–H groups in total. The minimum absolute atomic E-state index is 0.744. The van der Waals surface area contributed by atoms with Gasteiger partial charge in [-0.1, -0.05) is 52.4 Å². The molecule has 1 saturated carbocycles. The van der Waals surface area contributed by atoms with Crippen molar-refractivity contribution in [1.82, 2.24) is 0 Å². The summed E-state index contributed by atoms with van der Waals surface area (Å²) in [5, 5.41) is 0. The van der Waals surface area contributed by atoms with Crippen molar-refractivity contribution >= 4 is 0 Å². The Kier molecular flexibility index (Phi) is 8.35. The molecule has 1 fully saturated rings. The highest BCUT2D eigenvalue weighted by Gasteiger charge is 2.21. The summed E-state index contributed by atoms with van der Waals surface area (Å²) in [6.45, 7) is 6.14. The first-order valence-corrected chi connectivity index (χ1v) is 9.67. The molecule has 1 aromatic carbocycles. The van der Waals surface area contributed by atoms with E-state index in [1.165, 1.54) is 51.4 Å². The average Bonchev–Trinajstić information content (AvgIpc) is 2.60. The monoisotopic (exact) mass is 318 g/mol. The maximum atomic E-state index is 5.99. The Morgan fingerprint density at radius 2 is 1.35 bits per heavy atom. The molecule has 2 heteroatoms. The van der Waals surface area contributed by atoms with Crippen molar-refractivity contribution in [3.63, 3.8) is 0 Å². The van der Waals surface area contributed by atoms with Crippen LogP contribution in [-0.4, -0.2) is 13.2 Å². The third kappa shape index (κ3) is 6.85. The van der Waals surface area contributed by atoms with Gasteiger partial charge >= 0.3 is 0 Å². The second kappa shape index (κ2) is 10.6. The van der Waals surface area contributed by atoms with Crippen molar-refractivity contribution in [3.05, 3.63) is 24.3 Å². The van der Waals surface area contributed by atoms with E-state index in [4.69, 9.17) is 9.47 Å². The van der Waals surface area contributed by atoms with E-state index in [-0.39, 0.29) is 0 Å². The van der Waals surface area contributed by atoms with Crippen LogP contribution in [0.3, 0.4) is 0 Å². The van der Waals surface area contributed by atoms with Gasteiger partial charge in [-0.15, -0.1) is 0 Å². The zero-order valence-corrected chi connectivity index (χ0v) is 15.1. The molecule has 0 radical (unpaired) electrons. The Balaban J connectivity index is 1.64. The summed E-state index contributed by atoms with van der Waals surface area (Å²) in [4.78, 5) is 0. The minimum Gasteiger partial charge on any atom is -0.494 e. The van der Waals surface area contributed by atoms with Crippen LogP contribution in [0.1, 0.15) is 71.6 Å². The van der Waals surface area contributed by atoms with Gasteiger partial charge in [-0.3, -0.25) is 0 Å². The Bertz CT molecular complexity index is 404. The Hall–Kier alpha value is -1.18. The number of benzene rings is 1. The maximum Gasteiger partial charge on any atom is 0.119 e. The Morgan fingerprint density at radius 1 is 0.783 bits per heavy atom. The van der Waals surface area contributed by atoms with Gasteiger partial charge in [-0.25, -0.2) is 0 Å². The summed E-state index contributed by atoms with van der Waals surface area (Å²) in [6.07, 6.45) is 11.9. The van der Waals surface area contributed by atoms with Gasteiger partial charge < -0.3 is 9.47 Å². The van der Waals surface area contributed by atoms with Crippen molar-refractivity contribution in [1.29, 1.82) is 0 Å². The lowest BCUT2D eigenvalue weighted by Gasteiger charge is -2.28. The van der Waals surface area contributed by atoms with Crippen LogP contribution in [0.2, 0.25) is 0 Å². The first-order valence-electron chi connectivity index (χ1n) is 9.67. The van der Waals surface area contributed by atoms with E-state index in [9.17, 15) is 0 Å². The highest BCUT2D eigenvalue weighted by Crippen LogP contribution is 2.32. The zero-order chi connectivity index (χ0) is 16.3. The Labute approximate surface area is 142 Å². The number of ether oxygens (including phenoxy) is 2. The summed E-state index contributed by atoms with van der Waals surface area (Å²) in [5.41, 5.74) is 0. The lowest BCUT2D eigenvalue weighted by molar-refractivity contribution is 0.178. The molecular weight excluding hydrogens is 284 g/mol. The maximum absolute atomic E-state index is 5.99. The lowest BCUT2D eigenvalue weighted by atomic mass is 9.80. The summed E-state index contributed by atoms with van der Waals surface area (Å²) in [6, 6.07) is 8.11. The number of unbranched alkanes of at least 4 members (excludes halogenated alkanes) is 2. The zero-order valence-electron chi connectivity index (χ0n) is 15.1. The van der Waals surface area contributed by atoms with Crippen LogP contribution in [0.15, 0.2) is 24.3 Å². The first-order chi connectivity index (χ1) is 11.3. The normalized spacial score (nSPS) is 21.1. The van der Waals surface area contributed by atoms with E-state index >= 15 is 0 Å². The molecule has 0 aromatic heterocycles. The fraction of sp³-hybridized carbons (Fsp3) is 0.714. The fourth-order valence-corrected chi connectivity index (χ4v) is 3.36. The van der Waals surface area contributed by atoms with E-state index in [0.717, 1.165) is 43.0 Å². The molecule has 1 aromatic rings. The first kappa shape index (κ1) is 18.2. The lowest BCUT2D eigenvalue weighted by Crippen LogP contribution is -2.20. The molecule has 1 aliphatic carbocycles. The topological polar surface area (TPSA) is 18.5 Å². The molecule has 0 spiro atoms. The number of hydrogen-bond donors (Lipinski definition) is 0. The summed E-state index contributed by atoms with van der Waals surface area (Å²) in [5.74, 6) is 3.64. The van der Waals surface area contributed by atoms with Gasteiger partial charge in [0.25, 0.3) is 0 Å². The van der Waals surface area contributed by atoms with Gasteiger partial charge in [-0.05, 0) is 55.4 Å². The van der Waals surface area contributed by atoms with E-state index < -0.39 is 0 Å². The highest BCUT2D eigenvalue weighted by atomic mass is 16.5. The quantitative estimate of drug-likeness (QED) is 0.475. The molecule has 0 saturated heterocycles. The predicted octanol–water partition coefficient (Wildman–Crippen LogP) is 6.24. The molecule has 2 rings (SSSR count). The average molecular weight is 319 g/mol. The van der Waals surface area contributed by atoms with Gasteiger partial charge in [0.05, 0.1) is 13.2 Å². The fourth-order valence-electron chi connectivity index (χ4n) is 3.36. The van der Waals surface area contributed by atoms with Crippen LogP contribution < -0.4 is 9.47 Å². The van der Waals surface area contributed by atoms with E-state index in [0.29, 0.717) is 0 Å². The third-order valence-electron chi connectivity index (χ3n) is 5.01. The van der Waals surface area contributed by atoms with Gasteiger partial charge in [-0.2, -0.15) is 0 Å². The molecule has 0 atom stereocenters. The molecular formula is C21H34O2.